The normalized spacial score (nSPS) is 32.0. The largest absolute Gasteiger partial charge is 0.457 e. The number of imide groups is 1. The minimum Gasteiger partial charge on any atom is -0.457 e. The van der Waals surface area contributed by atoms with Gasteiger partial charge in [0.1, 0.15) is 11.7 Å². The molecule has 3 amide bonds. The topological polar surface area (TPSA) is 188 Å². The maximum absolute atomic E-state index is 13.6. The molecule has 10 atom stereocenters. The van der Waals surface area contributed by atoms with Gasteiger partial charge in [0.15, 0.2) is 6.10 Å². The van der Waals surface area contributed by atoms with Gasteiger partial charge in [0, 0.05) is 70.2 Å². The first-order chi connectivity index (χ1) is 27.0. The van der Waals surface area contributed by atoms with Gasteiger partial charge >= 0.3 is 12.1 Å². The summed E-state index contributed by atoms with van der Waals surface area (Å²) < 4.78 is 29.4. The Balaban J connectivity index is 1.36. The average molecular weight is 804 g/mol. The van der Waals surface area contributed by atoms with Crippen LogP contribution in [0.3, 0.4) is 0 Å². The van der Waals surface area contributed by atoms with E-state index < -0.39 is 47.7 Å². The van der Waals surface area contributed by atoms with E-state index >= 15 is 0 Å². The molecule has 0 aliphatic carbocycles. The molecule has 0 radical (unpaired) electrons. The van der Waals surface area contributed by atoms with Gasteiger partial charge in [-0.05, 0) is 51.7 Å². The van der Waals surface area contributed by atoms with E-state index in [-0.39, 0.29) is 61.9 Å². The number of piperazine rings is 1. The summed E-state index contributed by atoms with van der Waals surface area (Å²) >= 11 is 0. The second-order valence-electron chi connectivity index (χ2n) is 16.3. The number of epoxide rings is 1. The summed E-state index contributed by atoms with van der Waals surface area (Å²) in [5.74, 6) is -1.61. The highest BCUT2D eigenvalue weighted by Crippen LogP contribution is 2.38. The Kier molecular flexibility index (Phi) is 17.0. The maximum atomic E-state index is 13.6. The zero-order chi connectivity index (χ0) is 41.9. The van der Waals surface area contributed by atoms with Crippen LogP contribution in [0.5, 0.6) is 0 Å². The van der Waals surface area contributed by atoms with Crippen LogP contribution in [0.4, 0.5) is 4.79 Å². The van der Waals surface area contributed by atoms with Crippen LogP contribution < -0.4 is 0 Å². The van der Waals surface area contributed by atoms with E-state index in [0.29, 0.717) is 64.2 Å². The second kappa shape index (κ2) is 21.0. The number of hydrogen-bond donors (Lipinski definition) is 3. The average Bonchev–Trinajstić information content (AvgIpc) is 3.86. The molecule has 2 saturated heterocycles. The molecule has 0 saturated carbocycles. The van der Waals surface area contributed by atoms with Gasteiger partial charge in [-0.1, -0.05) is 45.1 Å². The van der Waals surface area contributed by atoms with E-state index in [9.17, 15) is 34.5 Å². The Morgan fingerprint density at radius 1 is 1.11 bits per heavy atom. The molecule has 4 aliphatic rings. The molecule has 4 rings (SSSR count). The number of amides is 3. The van der Waals surface area contributed by atoms with Crippen LogP contribution in [-0.4, -0.2) is 161 Å². The standard InChI is InChI=1S/C42H65N3O12/c1-8-32(47)30(4)39-33(55-39)27-41(5,52)16-9-10-28(2)38-29(3)11-12-34(42(6,53-7)17-15-31(46)26-37(50)57-38)56-40(51)44-20-18-43(19-21-44)22-24-54-25-23-45-35(48)13-14-36(45)49/h9-14,16,29-34,38-39,46-47,52H,8,15,17-27H2,1-7H3/b12-11+,16-9+,28-10+/t29-,30?,31+,32?,33-,34-,38+,39-,41?,42+/m0/s1. The van der Waals surface area contributed by atoms with Crippen molar-refractivity contribution in [1.29, 1.82) is 0 Å². The summed E-state index contributed by atoms with van der Waals surface area (Å²) in [7, 11) is 1.53. The summed E-state index contributed by atoms with van der Waals surface area (Å²) in [5.41, 5.74) is -1.48. The molecular formula is C42H65N3O12. The van der Waals surface area contributed by atoms with Crippen LogP contribution in [0, 0.1) is 11.8 Å². The molecule has 0 bridgehead atoms. The molecule has 4 aliphatic heterocycles. The number of cyclic esters (lactones) is 1. The van der Waals surface area contributed by atoms with Gasteiger partial charge in [-0.2, -0.15) is 0 Å². The number of carbonyl (C=O) groups excluding carboxylic acids is 4. The zero-order valence-corrected chi connectivity index (χ0v) is 34.7. The van der Waals surface area contributed by atoms with Crippen molar-refractivity contribution in [2.75, 3.05) is 59.6 Å². The van der Waals surface area contributed by atoms with Crippen molar-refractivity contribution in [3.63, 3.8) is 0 Å². The number of carbonyl (C=O) groups is 4. The molecule has 0 aromatic heterocycles. The first kappa shape index (κ1) is 46.3. The maximum Gasteiger partial charge on any atom is 0.410 e. The number of allylic oxidation sites excluding steroid dienone is 2. The van der Waals surface area contributed by atoms with Gasteiger partial charge in [-0.25, -0.2) is 4.79 Å². The fraction of sp³-hybridized carbons (Fsp3) is 0.714. The summed E-state index contributed by atoms with van der Waals surface area (Å²) in [6.45, 7) is 14.7. The first-order valence-electron chi connectivity index (χ1n) is 20.3. The SMILES string of the molecule is CCC(O)C(C)[C@@H]1O[C@H]1CC(C)(O)/C=C/C=C(\C)[C@H]1OC(=O)C[C@H](O)CC[C@@](C)(OC)[C@@H](OC(=O)N2CCN(CCOCCN3C(=O)C=CC3=O)CC2)/C=C/[C@@H]1C. The van der Waals surface area contributed by atoms with Gasteiger partial charge in [0.25, 0.3) is 11.8 Å². The number of nitrogens with zero attached hydrogens (tertiary/aromatic N) is 3. The number of rotatable bonds is 16. The summed E-state index contributed by atoms with van der Waals surface area (Å²) in [4.78, 5) is 55.0. The molecule has 15 heteroatoms. The van der Waals surface area contributed by atoms with Crippen LogP contribution in [-0.2, 0) is 38.1 Å². The van der Waals surface area contributed by atoms with Gasteiger partial charge in [0.05, 0.1) is 56.2 Å². The zero-order valence-electron chi connectivity index (χ0n) is 34.7. The van der Waals surface area contributed by atoms with E-state index in [2.05, 4.69) is 4.90 Å². The third kappa shape index (κ3) is 13.6. The summed E-state index contributed by atoms with van der Waals surface area (Å²) in [5, 5.41) is 32.1. The van der Waals surface area contributed by atoms with Crippen molar-refractivity contribution >= 4 is 23.9 Å². The third-order valence-corrected chi connectivity index (χ3v) is 11.6. The lowest BCUT2D eigenvalue weighted by Gasteiger charge is -2.38. The van der Waals surface area contributed by atoms with Crippen LogP contribution in [0.2, 0.25) is 0 Å². The Morgan fingerprint density at radius 3 is 2.42 bits per heavy atom. The lowest BCUT2D eigenvalue weighted by molar-refractivity contribution is -0.151. The highest BCUT2D eigenvalue weighted by Gasteiger charge is 2.47. The van der Waals surface area contributed by atoms with E-state index in [1.54, 1.807) is 36.1 Å². The molecule has 57 heavy (non-hydrogen) atoms. The number of aliphatic hydroxyl groups is 3. The molecular weight excluding hydrogens is 738 g/mol. The van der Waals surface area contributed by atoms with Gasteiger partial charge in [0.2, 0.25) is 0 Å². The first-order valence-corrected chi connectivity index (χ1v) is 20.3. The van der Waals surface area contributed by atoms with Crippen LogP contribution in [0.15, 0.2) is 48.1 Å². The monoisotopic (exact) mass is 803 g/mol. The van der Waals surface area contributed by atoms with E-state index in [0.717, 1.165) is 4.90 Å². The number of methoxy groups -OCH3 is 1. The minimum absolute atomic E-state index is 0.0243. The van der Waals surface area contributed by atoms with Crippen molar-refractivity contribution in [2.24, 2.45) is 11.8 Å². The van der Waals surface area contributed by atoms with E-state index in [4.69, 9.17) is 23.7 Å². The molecule has 0 aromatic carbocycles. The van der Waals surface area contributed by atoms with Gasteiger partial charge < -0.3 is 43.9 Å². The lowest BCUT2D eigenvalue weighted by Crippen LogP contribution is -2.52. The van der Waals surface area contributed by atoms with E-state index in [1.807, 2.05) is 40.7 Å². The Morgan fingerprint density at radius 2 is 1.77 bits per heavy atom. The molecule has 0 spiro atoms. The number of aliphatic hydroxyl groups excluding tert-OH is 2. The number of hydrogen-bond acceptors (Lipinski definition) is 13. The molecule has 3 N–H and O–H groups in total. The predicted molar refractivity (Wildman–Crippen MR) is 211 cm³/mol. The van der Waals surface area contributed by atoms with Crippen molar-refractivity contribution in [3.8, 4) is 0 Å². The Labute approximate surface area is 337 Å². The van der Waals surface area contributed by atoms with Crippen molar-refractivity contribution in [1.82, 2.24) is 14.7 Å². The minimum atomic E-state index is -1.17. The van der Waals surface area contributed by atoms with Crippen molar-refractivity contribution in [2.45, 2.75) is 121 Å². The number of ether oxygens (including phenoxy) is 5. The number of esters is 1. The van der Waals surface area contributed by atoms with Gasteiger partial charge in [-0.3, -0.25) is 24.2 Å². The lowest BCUT2D eigenvalue weighted by atomic mass is 9.88. The molecule has 4 heterocycles. The quantitative estimate of drug-likeness (QED) is 0.0517. The highest BCUT2D eigenvalue weighted by molar-refractivity contribution is 6.12. The molecule has 2 fully saturated rings. The summed E-state index contributed by atoms with van der Waals surface area (Å²) in [6.07, 6.45) is 8.86. The third-order valence-electron chi connectivity index (χ3n) is 11.6. The van der Waals surface area contributed by atoms with E-state index in [1.165, 1.54) is 19.3 Å². The summed E-state index contributed by atoms with van der Waals surface area (Å²) in [6, 6.07) is 0. The second-order valence-corrected chi connectivity index (χ2v) is 16.3. The van der Waals surface area contributed by atoms with Crippen LogP contribution in [0.1, 0.15) is 73.6 Å². The van der Waals surface area contributed by atoms with Crippen molar-refractivity contribution < 1.29 is 58.2 Å². The van der Waals surface area contributed by atoms with Crippen LogP contribution >= 0.6 is 0 Å². The molecule has 0 aromatic rings. The predicted octanol–water partition coefficient (Wildman–Crippen LogP) is 2.92. The van der Waals surface area contributed by atoms with Gasteiger partial charge in [-0.15, -0.1) is 0 Å². The Bertz CT molecular complexity index is 1490. The van der Waals surface area contributed by atoms with Crippen molar-refractivity contribution in [3.05, 3.63) is 48.1 Å². The molecule has 320 valence electrons. The van der Waals surface area contributed by atoms with Crippen LogP contribution in [0.25, 0.3) is 0 Å². The highest BCUT2D eigenvalue weighted by atomic mass is 16.6. The smallest absolute Gasteiger partial charge is 0.410 e. The molecule has 15 nitrogen and oxygen atoms in total. The fourth-order valence-electron chi connectivity index (χ4n) is 7.45. The molecule has 3 unspecified atom stereocenters. The Hall–Kier alpha value is -3.44. The fourth-order valence-corrected chi connectivity index (χ4v) is 7.45.